The molecule has 1 aliphatic rings. The van der Waals surface area contributed by atoms with Crippen molar-refractivity contribution in [2.45, 2.75) is 32.4 Å². The first-order chi connectivity index (χ1) is 9.36. The first kappa shape index (κ1) is 14.5. The SMILES string of the molecule is CN=C1NN(C(C)(C)C)C(c2ccccc2)C(=O)N1N. The molecule has 0 aliphatic carbocycles. The van der Waals surface area contributed by atoms with E-state index in [9.17, 15) is 4.79 Å². The molecular weight excluding hydrogens is 254 g/mol. The topological polar surface area (TPSA) is 74.0 Å². The second-order valence-electron chi connectivity index (χ2n) is 5.72. The molecule has 0 bridgehead atoms. The van der Waals surface area contributed by atoms with E-state index >= 15 is 0 Å². The van der Waals surface area contributed by atoms with E-state index in [1.54, 1.807) is 7.05 Å². The molecular formula is C14H21N5O. The Hall–Kier alpha value is -1.92. The molecule has 0 radical (unpaired) electrons. The Morgan fingerprint density at radius 2 is 1.85 bits per heavy atom. The molecule has 0 spiro atoms. The Labute approximate surface area is 119 Å². The van der Waals surface area contributed by atoms with Crippen molar-refractivity contribution >= 4 is 11.9 Å². The van der Waals surface area contributed by atoms with E-state index in [1.807, 2.05) is 56.1 Å². The van der Waals surface area contributed by atoms with E-state index < -0.39 is 6.04 Å². The highest BCUT2D eigenvalue weighted by Gasteiger charge is 2.42. The molecule has 0 saturated carbocycles. The van der Waals surface area contributed by atoms with Crippen molar-refractivity contribution < 1.29 is 4.79 Å². The number of rotatable bonds is 1. The third kappa shape index (κ3) is 2.52. The lowest BCUT2D eigenvalue weighted by Crippen LogP contribution is -2.68. The Balaban J connectivity index is 2.48. The molecule has 6 heteroatoms. The molecule has 1 aromatic carbocycles. The second kappa shape index (κ2) is 5.22. The predicted octanol–water partition coefficient (Wildman–Crippen LogP) is 1.03. The quantitative estimate of drug-likeness (QED) is 0.593. The van der Waals surface area contributed by atoms with Gasteiger partial charge in [-0.1, -0.05) is 30.3 Å². The summed E-state index contributed by atoms with van der Waals surface area (Å²) < 4.78 is 0. The molecule has 1 aliphatic heterocycles. The zero-order chi connectivity index (χ0) is 14.9. The summed E-state index contributed by atoms with van der Waals surface area (Å²) in [6.07, 6.45) is 0. The van der Waals surface area contributed by atoms with E-state index in [1.165, 1.54) is 0 Å². The van der Waals surface area contributed by atoms with Crippen LogP contribution in [-0.4, -0.2) is 34.5 Å². The average molecular weight is 275 g/mol. The number of carbonyl (C=O) groups is 1. The van der Waals surface area contributed by atoms with Crippen molar-refractivity contribution in [1.82, 2.24) is 15.4 Å². The van der Waals surface area contributed by atoms with E-state index in [0.29, 0.717) is 5.96 Å². The summed E-state index contributed by atoms with van der Waals surface area (Å²) in [5.41, 5.74) is 3.76. The molecule has 1 unspecified atom stereocenters. The minimum Gasteiger partial charge on any atom is -0.286 e. The molecule has 1 aromatic rings. The molecule has 2 rings (SSSR count). The van der Waals surface area contributed by atoms with Crippen LogP contribution in [0.5, 0.6) is 0 Å². The van der Waals surface area contributed by atoms with Gasteiger partial charge in [-0.3, -0.25) is 15.2 Å². The van der Waals surface area contributed by atoms with E-state index in [0.717, 1.165) is 10.6 Å². The summed E-state index contributed by atoms with van der Waals surface area (Å²) >= 11 is 0. The largest absolute Gasteiger partial charge is 0.286 e. The number of hydrogen-bond donors (Lipinski definition) is 2. The van der Waals surface area contributed by atoms with Crippen molar-refractivity contribution in [2.24, 2.45) is 10.8 Å². The van der Waals surface area contributed by atoms with Crippen LogP contribution in [0, 0.1) is 0 Å². The fourth-order valence-electron chi connectivity index (χ4n) is 2.21. The standard InChI is InChI=1S/C14H21N5O/c1-14(2,3)19-11(10-8-6-5-7-9-10)12(20)18(15)13(16-4)17-19/h5-9,11H,15H2,1-4H3,(H,16,17). The van der Waals surface area contributed by atoms with Crippen LogP contribution in [0.4, 0.5) is 0 Å². The molecule has 108 valence electrons. The van der Waals surface area contributed by atoms with Crippen LogP contribution in [0.25, 0.3) is 0 Å². The van der Waals surface area contributed by atoms with E-state index in [2.05, 4.69) is 10.4 Å². The summed E-state index contributed by atoms with van der Waals surface area (Å²) in [5, 5.41) is 2.95. The van der Waals surface area contributed by atoms with Gasteiger partial charge in [0.15, 0.2) is 0 Å². The summed E-state index contributed by atoms with van der Waals surface area (Å²) in [6, 6.07) is 9.11. The lowest BCUT2D eigenvalue weighted by atomic mass is 9.98. The monoisotopic (exact) mass is 275 g/mol. The maximum absolute atomic E-state index is 12.6. The van der Waals surface area contributed by atoms with Gasteiger partial charge in [-0.05, 0) is 26.3 Å². The average Bonchev–Trinajstić information content (AvgIpc) is 2.41. The van der Waals surface area contributed by atoms with E-state index in [-0.39, 0.29) is 11.4 Å². The predicted molar refractivity (Wildman–Crippen MR) is 78.3 cm³/mol. The molecule has 1 amide bonds. The fourth-order valence-corrected chi connectivity index (χ4v) is 2.21. The number of nitrogens with one attached hydrogen (secondary N) is 1. The van der Waals surface area contributed by atoms with Crippen molar-refractivity contribution in [3.63, 3.8) is 0 Å². The highest BCUT2D eigenvalue weighted by molar-refractivity contribution is 6.01. The normalized spacial score (nSPS) is 23.1. The van der Waals surface area contributed by atoms with Gasteiger partial charge in [-0.2, -0.15) is 5.01 Å². The molecule has 1 heterocycles. The smallest absolute Gasteiger partial charge is 0.267 e. The van der Waals surface area contributed by atoms with Gasteiger partial charge in [0, 0.05) is 12.6 Å². The molecule has 1 saturated heterocycles. The minimum absolute atomic E-state index is 0.203. The zero-order valence-electron chi connectivity index (χ0n) is 12.3. The Bertz CT molecular complexity index is 520. The molecule has 1 atom stereocenters. The van der Waals surface area contributed by atoms with Gasteiger partial charge < -0.3 is 0 Å². The number of amides is 1. The van der Waals surface area contributed by atoms with Crippen LogP contribution < -0.4 is 11.3 Å². The Morgan fingerprint density at radius 1 is 1.25 bits per heavy atom. The Kier molecular flexibility index (Phi) is 3.78. The van der Waals surface area contributed by atoms with Crippen LogP contribution in [0.1, 0.15) is 32.4 Å². The van der Waals surface area contributed by atoms with Gasteiger partial charge in [0.05, 0.1) is 0 Å². The number of hydrogen-bond acceptors (Lipinski definition) is 4. The van der Waals surface area contributed by atoms with Crippen LogP contribution in [0.2, 0.25) is 0 Å². The zero-order valence-corrected chi connectivity index (χ0v) is 12.3. The van der Waals surface area contributed by atoms with Gasteiger partial charge in [0.2, 0.25) is 5.96 Å². The van der Waals surface area contributed by atoms with E-state index in [4.69, 9.17) is 5.84 Å². The number of nitrogens with two attached hydrogens (primary N) is 1. The van der Waals surface area contributed by atoms with Gasteiger partial charge in [-0.15, -0.1) is 0 Å². The number of aliphatic imine (C=N–C) groups is 1. The fraction of sp³-hybridized carbons (Fsp3) is 0.429. The maximum atomic E-state index is 12.6. The molecule has 3 N–H and O–H groups in total. The van der Waals surface area contributed by atoms with Crippen molar-refractivity contribution in [1.29, 1.82) is 0 Å². The van der Waals surface area contributed by atoms with Gasteiger partial charge >= 0.3 is 0 Å². The number of carbonyl (C=O) groups excluding carboxylic acids is 1. The lowest BCUT2D eigenvalue weighted by molar-refractivity contribution is -0.141. The van der Waals surface area contributed by atoms with Gasteiger partial charge in [0.25, 0.3) is 5.91 Å². The first-order valence-electron chi connectivity index (χ1n) is 6.52. The van der Waals surface area contributed by atoms with Gasteiger partial charge in [-0.25, -0.2) is 10.9 Å². The number of nitrogens with zero attached hydrogens (tertiary/aromatic N) is 3. The number of benzene rings is 1. The van der Waals surface area contributed by atoms with Crippen LogP contribution in [0.15, 0.2) is 35.3 Å². The highest BCUT2D eigenvalue weighted by atomic mass is 16.2. The summed E-state index contributed by atoms with van der Waals surface area (Å²) in [6.45, 7) is 6.09. The lowest BCUT2D eigenvalue weighted by Gasteiger charge is -2.46. The minimum atomic E-state index is -0.480. The molecule has 6 nitrogen and oxygen atoms in total. The first-order valence-corrected chi connectivity index (χ1v) is 6.52. The summed E-state index contributed by atoms with van der Waals surface area (Å²) in [5.74, 6) is 5.97. The van der Waals surface area contributed by atoms with Crippen LogP contribution >= 0.6 is 0 Å². The Morgan fingerprint density at radius 3 is 2.35 bits per heavy atom. The molecule has 20 heavy (non-hydrogen) atoms. The highest BCUT2D eigenvalue weighted by Crippen LogP contribution is 2.30. The van der Waals surface area contributed by atoms with Crippen molar-refractivity contribution in [2.75, 3.05) is 7.05 Å². The molecule has 0 aromatic heterocycles. The number of guanidine groups is 1. The van der Waals surface area contributed by atoms with Crippen molar-refractivity contribution in [3.05, 3.63) is 35.9 Å². The van der Waals surface area contributed by atoms with Crippen LogP contribution in [0.3, 0.4) is 0 Å². The summed E-state index contributed by atoms with van der Waals surface area (Å²) in [4.78, 5) is 16.6. The van der Waals surface area contributed by atoms with Gasteiger partial charge in [0.1, 0.15) is 6.04 Å². The maximum Gasteiger partial charge on any atom is 0.267 e. The summed E-state index contributed by atoms with van der Waals surface area (Å²) in [7, 11) is 1.60. The number of hydrazine groups is 2. The van der Waals surface area contributed by atoms with Crippen LogP contribution in [-0.2, 0) is 4.79 Å². The second-order valence-corrected chi connectivity index (χ2v) is 5.72. The van der Waals surface area contributed by atoms with Crippen molar-refractivity contribution in [3.8, 4) is 0 Å². The molecule has 1 fully saturated rings. The third-order valence-corrected chi connectivity index (χ3v) is 3.23. The third-order valence-electron chi connectivity index (χ3n) is 3.23.